The standard InChI is InChI=1S/C15H18N3OSi/c1-11-9-14(17-10-16-11)12(2)18-13-7-5-6-8-15(13)19-20(3)4/h5-10H,1-4H3. The Bertz CT molecular complexity index is 626. The van der Waals surface area contributed by atoms with Crippen LogP contribution in [0.2, 0.25) is 13.1 Å². The maximum atomic E-state index is 5.87. The third-order valence-electron chi connectivity index (χ3n) is 2.64. The van der Waals surface area contributed by atoms with Gasteiger partial charge in [0.2, 0.25) is 0 Å². The first kappa shape index (κ1) is 14.4. The van der Waals surface area contributed by atoms with E-state index in [9.17, 15) is 0 Å². The highest BCUT2D eigenvalue weighted by Gasteiger charge is 2.07. The monoisotopic (exact) mass is 284 g/mol. The van der Waals surface area contributed by atoms with E-state index in [-0.39, 0.29) is 0 Å². The van der Waals surface area contributed by atoms with Crippen molar-refractivity contribution < 1.29 is 4.43 Å². The molecule has 0 bridgehead atoms. The van der Waals surface area contributed by atoms with Gasteiger partial charge >= 0.3 is 0 Å². The molecule has 103 valence electrons. The Labute approximate surface area is 121 Å². The summed E-state index contributed by atoms with van der Waals surface area (Å²) in [5.74, 6) is 0.830. The molecule has 5 heteroatoms. The van der Waals surface area contributed by atoms with Crippen molar-refractivity contribution in [2.45, 2.75) is 26.9 Å². The fourth-order valence-electron chi connectivity index (χ4n) is 1.75. The summed E-state index contributed by atoms with van der Waals surface area (Å²) in [5.41, 5.74) is 3.47. The van der Waals surface area contributed by atoms with Crippen molar-refractivity contribution in [1.82, 2.24) is 9.97 Å². The molecule has 0 aliphatic rings. The first-order valence-corrected chi connectivity index (χ1v) is 8.88. The highest BCUT2D eigenvalue weighted by atomic mass is 28.3. The lowest BCUT2D eigenvalue weighted by molar-refractivity contribution is 0.582. The van der Waals surface area contributed by atoms with Crippen LogP contribution in [0.4, 0.5) is 5.69 Å². The van der Waals surface area contributed by atoms with Crippen LogP contribution in [0.1, 0.15) is 18.3 Å². The molecule has 1 radical (unpaired) electrons. The van der Waals surface area contributed by atoms with E-state index in [1.807, 2.05) is 44.2 Å². The van der Waals surface area contributed by atoms with Gasteiger partial charge in [-0.2, -0.15) is 0 Å². The SMILES string of the molecule is CC(=Nc1ccccc1O[Si](C)C)c1cc(C)ncn1. The molecule has 2 aromatic rings. The maximum absolute atomic E-state index is 5.87. The number of para-hydroxylation sites is 2. The zero-order chi connectivity index (χ0) is 14.5. The van der Waals surface area contributed by atoms with Gasteiger partial charge in [-0.3, -0.25) is 0 Å². The molecule has 4 nitrogen and oxygen atoms in total. The zero-order valence-corrected chi connectivity index (χ0v) is 13.2. The second kappa shape index (κ2) is 6.43. The Balaban J connectivity index is 2.35. The summed E-state index contributed by atoms with van der Waals surface area (Å²) in [4.78, 5) is 13.0. The van der Waals surface area contributed by atoms with E-state index < -0.39 is 9.04 Å². The molecular formula is C15H18N3OSi. The van der Waals surface area contributed by atoms with E-state index in [0.29, 0.717) is 0 Å². The van der Waals surface area contributed by atoms with Crippen molar-refractivity contribution in [3.8, 4) is 5.75 Å². The topological polar surface area (TPSA) is 47.4 Å². The van der Waals surface area contributed by atoms with E-state index in [0.717, 1.165) is 28.5 Å². The fraction of sp³-hybridized carbons (Fsp3) is 0.267. The van der Waals surface area contributed by atoms with E-state index in [4.69, 9.17) is 4.43 Å². The average molecular weight is 284 g/mol. The summed E-state index contributed by atoms with van der Waals surface area (Å²) in [6.07, 6.45) is 1.56. The van der Waals surface area contributed by atoms with Gasteiger partial charge in [-0.15, -0.1) is 0 Å². The highest BCUT2D eigenvalue weighted by molar-refractivity contribution is 6.49. The molecule has 0 unspecified atom stereocenters. The molecule has 1 aromatic heterocycles. The van der Waals surface area contributed by atoms with Gasteiger partial charge < -0.3 is 4.43 Å². The van der Waals surface area contributed by atoms with Crippen molar-refractivity contribution in [1.29, 1.82) is 0 Å². The summed E-state index contributed by atoms with van der Waals surface area (Å²) in [5, 5.41) is 0. The van der Waals surface area contributed by atoms with Crippen LogP contribution in [0.15, 0.2) is 41.7 Å². The summed E-state index contributed by atoms with van der Waals surface area (Å²) in [7, 11) is -0.810. The van der Waals surface area contributed by atoms with Gasteiger partial charge in [0.15, 0.2) is 0 Å². The summed E-state index contributed by atoms with van der Waals surface area (Å²) >= 11 is 0. The molecule has 0 spiro atoms. The highest BCUT2D eigenvalue weighted by Crippen LogP contribution is 2.28. The third kappa shape index (κ3) is 3.74. The molecule has 0 saturated heterocycles. The van der Waals surface area contributed by atoms with Crippen LogP contribution < -0.4 is 4.43 Å². The first-order chi connectivity index (χ1) is 9.56. The number of rotatable bonds is 4. The normalized spacial score (nSPS) is 11.8. The van der Waals surface area contributed by atoms with Gasteiger partial charge in [0.05, 0.1) is 11.4 Å². The van der Waals surface area contributed by atoms with Crippen LogP contribution in [0, 0.1) is 6.92 Å². The molecule has 0 atom stereocenters. The van der Waals surface area contributed by atoms with Crippen molar-refractivity contribution in [2.75, 3.05) is 0 Å². The number of aryl methyl sites for hydroxylation is 1. The quantitative estimate of drug-likeness (QED) is 0.637. The summed E-state index contributed by atoms with van der Waals surface area (Å²) < 4.78 is 5.87. The van der Waals surface area contributed by atoms with Gasteiger partial charge in [0.25, 0.3) is 9.04 Å². The lowest BCUT2D eigenvalue weighted by Gasteiger charge is -2.11. The second-order valence-corrected chi connectivity index (χ2v) is 6.74. The van der Waals surface area contributed by atoms with Gasteiger partial charge in [-0.05, 0) is 45.1 Å². The number of nitrogens with zero attached hydrogens (tertiary/aromatic N) is 3. The van der Waals surface area contributed by atoms with Crippen LogP contribution in [0.25, 0.3) is 0 Å². The predicted octanol–water partition coefficient (Wildman–Crippen LogP) is 3.56. The molecule has 0 aliphatic heterocycles. The Morgan fingerprint density at radius 1 is 1.20 bits per heavy atom. The van der Waals surface area contributed by atoms with Gasteiger partial charge in [0, 0.05) is 5.69 Å². The molecule has 2 rings (SSSR count). The zero-order valence-electron chi connectivity index (χ0n) is 12.2. The van der Waals surface area contributed by atoms with Crippen LogP contribution in [0.3, 0.4) is 0 Å². The van der Waals surface area contributed by atoms with Gasteiger partial charge in [0.1, 0.15) is 17.8 Å². The minimum atomic E-state index is -0.810. The molecule has 20 heavy (non-hydrogen) atoms. The van der Waals surface area contributed by atoms with Crippen molar-refractivity contribution in [3.63, 3.8) is 0 Å². The van der Waals surface area contributed by atoms with Crippen LogP contribution in [0.5, 0.6) is 5.75 Å². The van der Waals surface area contributed by atoms with Crippen molar-refractivity contribution in [2.24, 2.45) is 4.99 Å². The molecule has 0 fully saturated rings. The number of hydrogen-bond donors (Lipinski definition) is 0. The van der Waals surface area contributed by atoms with Crippen LogP contribution in [-0.4, -0.2) is 24.7 Å². The number of hydrogen-bond acceptors (Lipinski definition) is 4. The summed E-state index contributed by atoms with van der Waals surface area (Å²) in [6, 6.07) is 9.76. The van der Waals surface area contributed by atoms with E-state index in [1.165, 1.54) is 0 Å². The Morgan fingerprint density at radius 2 is 1.95 bits per heavy atom. The first-order valence-electron chi connectivity index (χ1n) is 6.47. The van der Waals surface area contributed by atoms with E-state index in [2.05, 4.69) is 28.1 Å². The molecular weight excluding hydrogens is 266 g/mol. The Hall–Kier alpha value is -2.01. The smallest absolute Gasteiger partial charge is 0.274 e. The average Bonchev–Trinajstić information content (AvgIpc) is 2.40. The number of aromatic nitrogens is 2. The van der Waals surface area contributed by atoms with E-state index in [1.54, 1.807) is 6.33 Å². The molecule has 1 aromatic carbocycles. The molecule has 0 N–H and O–H groups in total. The maximum Gasteiger partial charge on any atom is 0.274 e. The Morgan fingerprint density at radius 3 is 2.65 bits per heavy atom. The minimum absolute atomic E-state index is 0.810. The minimum Gasteiger partial charge on any atom is -0.541 e. The lowest BCUT2D eigenvalue weighted by Crippen LogP contribution is -2.11. The second-order valence-electron chi connectivity index (χ2n) is 4.72. The number of benzene rings is 1. The van der Waals surface area contributed by atoms with Gasteiger partial charge in [-0.1, -0.05) is 12.1 Å². The van der Waals surface area contributed by atoms with E-state index >= 15 is 0 Å². The fourth-order valence-corrected chi connectivity index (χ4v) is 2.36. The predicted molar refractivity (Wildman–Crippen MR) is 83.2 cm³/mol. The Kier molecular flexibility index (Phi) is 4.63. The largest absolute Gasteiger partial charge is 0.541 e. The lowest BCUT2D eigenvalue weighted by atomic mass is 10.2. The van der Waals surface area contributed by atoms with Crippen molar-refractivity contribution in [3.05, 3.63) is 48.0 Å². The molecule has 0 aliphatic carbocycles. The molecule has 0 saturated carbocycles. The van der Waals surface area contributed by atoms with Crippen LogP contribution >= 0.6 is 0 Å². The van der Waals surface area contributed by atoms with Crippen LogP contribution in [-0.2, 0) is 0 Å². The van der Waals surface area contributed by atoms with Gasteiger partial charge in [-0.25, -0.2) is 15.0 Å². The summed E-state index contributed by atoms with van der Waals surface area (Å²) in [6.45, 7) is 8.10. The van der Waals surface area contributed by atoms with Crippen molar-refractivity contribution >= 4 is 20.4 Å². The number of aliphatic imine (C=N–C) groups is 1. The third-order valence-corrected chi connectivity index (χ3v) is 3.27. The molecule has 0 amide bonds. The molecule has 1 heterocycles.